The van der Waals surface area contributed by atoms with E-state index in [0.29, 0.717) is 0 Å². The van der Waals surface area contributed by atoms with Gasteiger partial charge in [0.25, 0.3) is 0 Å². The third-order valence-electron chi connectivity index (χ3n) is 13.0. The number of fused-ring (bicyclic) bond motifs is 3. The lowest BCUT2D eigenvalue weighted by Gasteiger charge is -2.27. The monoisotopic (exact) mass is 833 g/mol. The third kappa shape index (κ3) is 7.58. The zero-order valence-electron chi connectivity index (χ0n) is 36.5. The van der Waals surface area contributed by atoms with Crippen LogP contribution in [0.3, 0.4) is 0 Å². The Bertz CT molecular complexity index is 3130. The average molecular weight is 834 g/mol. The molecule has 0 radical (unpaired) electrons. The maximum absolute atomic E-state index is 4.36. The van der Waals surface area contributed by atoms with E-state index in [-0.39, 0.29) is 5.41 Å². The second-order valence-electron chi connectivity index (χ2n) is 17.3. The fourth-order valence-electron chi connectivity index (χ4n) is 9.55. The molecule has 1 aliphatic rings. The summed E-state index contributed by atoms with van der Waals surface area (Å²) >= 11 is 0. The molecule has 0 unspecified atom stereocenters. The highest BCUT2D eigenvalue weighted by Crippen LogP contribution is 2.51. The van der Waals surface area contributed by atoms with Crippen molar-refractivity contribution in [2.45, 2.75) is 19.3 Å². The predicted molar refractivity (Wildman–Crippen MR) is 273 cm³/mol. The van der Waals surface area contributed by atoms with Gasteiger partial charge in [-0.05, 0) is 146 Å². The van der Waals surface area contributed by atoms with Crippen molar-refractivity contribution in [3.8, 4) is 55.6 Å². The Balaban J connectivity index is 0.931. The Kier molecular flexibility index (Phi) is 10.2. The van der Waals surface area contributed by atoms with Gasteiger partial charge in [0, 0.05) is 51.9 Å². The maximum Gasteiger partial charge on any atom is 0.0468 e. The summed E-state index contributed by atoms with van der Waals surface area (Å²) in [5.74, 6) is 0. The van der Waals surface area contributed by atoms with Crippen molar-refractivity contribution in [2.75, 3.05) is 9.80 Å². The van der Waals surface area contributed by atoms with Gasteiger partial charge in [0.2, 0.25) is 0 Å². The van der Waals surface area contributed by atoms with Crippen LogP contribution in [0.4, 0.5) is 34.1 Å². The van der Waals surface area contributed by atoms with Crippen LogP contribution in [0.5, 0.6) is 0 Å². The molecule has 0 amide bonds. The van der Waals surface area contributed by atoms with Gasteiger partial charge in [-0.15, -0.1) is 0 Å². The Morgan fingerprint density at radius 2 is 0.631 bits per heavy atom. The molecular formula is C62H47N3. The number of aromatic nitrogens is 1. The van der Waals surface area contributed by atoms with Gasteiger partial charge in [0.15, 0.2) is 0 Å². The second-order valence-corrected chi connectivity index (χ2v) is 17.3. The molecule has 0 N–H and O–H groups in total. The molecule has 1 aromatic heterocycles. The van der Waals surface area contributed by atoms with E-state index in [2.05, 4.69) is 259 Å². The van der Waals surface area contributed by atoms with Crippen LogP contribution in [0.1, 0.15) is 25.0 Å². The van der Waals surface area contributed by atoms with Crippen LogP contribution in [0.25, 0.3) is 55.6 Å². The predicted octanol–water partition coefficient (Wildman–Crippen LogP) is 17.0. The molecular weight excluding hydrogens is 787 g/mol. The van der Waals surface area contributed by atoms with E-state index < -0.39 is 0 Å². The summed E-state index contributed by atoms with van der Waals surface area (Å²) in [6.07, 6.45) is 3.74. The quantitative estimate of drug-likeness (QED) is 0.137. The van der Waals surface area contributed by atoms with Crippen molar-refractivity contribution in [3.63, 3.8) is 0 Å². The van der Waals surface area contributed by atoms with Crippen LogP contribution >= 0.6 is 0 Å². The Morgan fingerprint density at radius 3 is 1.06 bits per heavy atom. The van der Waals surface area contributed by atoms with Crippen molar-refractivity contribution in [1.82, 2.24) is 4.98 Å². The van der Waals surface area contributed by atoms with Gasteiger partial charge < -0.3 is 9.80 Å². The molecule has 11 rings (SSSR count). The number of nitrogens with zero attached hydrogens (tertiary/aromatic N) is 3. The van der Waals surface area contributed by atoms with Crippen LogP contribution in [-0.4, -0.2) is 4.98 Å². The molecule has 10 aromatic rings. The summed E-state index contributed by atoms with van der Waals surface area (Å²) in [5.41, 5.74) is 21.2. The lowest BCUT2D eigenvalue weighted by molar-refractivity contribution is 0.660. The highest BCUT2D eigenvalue weighted by molar-refractivity contribution is 5.88. The van der Waals surface area contributed by atoms with Gasteiger partial charge in [0.05, 0.1) is 0 Å². The molecule has 310 valence electrons. The first-order valence-corrected chi connectivity index (χ1v) is 22.3. The minimum atomic E-state index is -0.0606. The fourth-order valence-corrected chi connectivity index (χ4v) is 9.55. The van der Waals surface area contributed by atoms with Gasteiger partial charge in [-0.2, -0.15) is 0 Å². The van der Waals surface area contributed by atoms with Crippen molar-refractivity contribution < 1.29 is 0 Å². The van der Waals surface area contributed by atoms with Crippen LogP contribution in [0.15, 0.2) is 249 Å². The Morgan fingerprint density at radius 1 is 0.292 bits per heavy atom. The summed E-state index contributed by atoms with van der Waals surface area (Å²) in [4.78, 5) is 9.07. The van der Waals surface area contributed by atoms with Gasteiger partial charge in [-0.1, -0.05) is 172 Å². The standard InChI is InChI=1S/C62H47N3/c1-62(2)60-18-10-9-17-58(60)59-42-57(39-40-61(59)62)65(56-37-27-50(28-38-56)51-16-11-41-63-43-51)55-35-25-49(26-36-55)48-23-33-54(34-24-48)64(52-29-19-46(20-30-52)44-12-5-3-6-13-44)53-31-21-47(22-32-53)45-14-7-4-8-15-45/h3-43H,1-2H3. The molecule has 0 spiro atoms. The number of anilines is 6. The van der Waals surface area contributed by atoms with Gasteiger partial charge in [-0.3, -0.25) is 4.98 Å². The van der Waals surface area contributed by atoms with Crippen molar-refractivity contribution >= 4 is 34.1 Å². The zero-order valence-corrected chi connectivity index (χ0v) is 36.5. The van der Waals surface area contributed by atoms with Gasteiger partial charge >= 0.3 is 0 Å². The van der Waals surface area contributed by atoms with Crippen LogP contribution in [0, 0.1) is 0 Å². The number of hydrogen-bond acceptors (Lipinski definition) is 3. The van der Waals surface area contributed by atoms with E-state index in [9.17, 15) is 0 Å². The molecule has 0 atom stereocenters. The van der Waals surface area contributed by atoms with Crippen LogP contribution in [0.2, 0.25) is 0 Å². The third-order valence-corrected chi connectivity index (χ3v) is 13.0. The lowest BCUT2D eigenvalue weighted by Crippen LogP contribution is -2.15. The minimum Gasteiger partial charge on any atom is -0.311 e. The second kappa shape index (κ2) is 16.8. The van der Waals surface area contributed by atoms with Crippen molar-refractivity contribution in [3.05, 3.63) is 260 Å². The van der Waals surface area contributed by atoms with E-state index >= 15 is 0 Å². The van der Waals surface area contributed by atoms with Crippen molar-refractivity contribution in [1.29, 1.82) is 0 Å². The molecule has 0 fully saturated rings. The lowest BCUT2D eigenvalue weighted by atomic mass is 9.82. The van der Waals surface area contributed by atoms with E-state index in [0.717, 1.165) is 56.4 Å². The molecule has 1 heterocycles. The normalized spacial score (nSPS) is 12.3. The summed E-state index contributed by atoms with van der Waals surface area (Å²) in [5, 5.41) is 0. The van der Waals surface area contributed by atoms with Crippen LogP contribution < -0.4 is 9.80 Å². The minimum absolute atomic E-state index is 0.0606. The van der Waals surface area contributed by atoms with Crippen LogP contribution in [-0.2, 0) is 5.41 Å². The molecule has 1 aliphatic carbocycles. The fraction of sp³-hybridized carbons (Fsp3) is 0.0484. The number of benzene rings is 9. The topological polar surface area (TPSA) is 19.4 Å². The zero-order chi connectivity index (χ0) is 43.7. The number of rotatable bonds is 10. The Labute approximate surface area is 382 Å². The van der Waals surface area contributed by atoms with E-state index in [1.54, 1.807) is 0 Å². The molecule has 0 bridgehead atoms. The molecule has 3 nitrogen and oxygen atoms in total. The molecule has 0 saturated heterocycles. The first-order valence-electron chi connectivity index (χ1n) is 22.3. The average Bonchev–Trinajstić information content (AvgIpc) is 3.61. The van der Waals surface area contributed by atoms with E-state index in [4.69, 9.17) is 0 Å². The summed E-state index contributed by atoms with van der Waals surface area (Å²) in [6, 6.07) is 85.6. The highest BCUT2D eigenvalue weighted by atomic mass is 15.1. The van der Waals surface area contributed by atoms with Gasteiger partial charge in [0.1, 0.15) is 0 Å². The number of hydrogen-bond donors (Lipinski definition) is 0. The molecule has 9 aromatic carbocycles. The first kappa shape index (κ1) is 39.6. The molecule has 65 heavy (non-hydrogen) atoms. The van der Waals surface area contributed by atoms with E-state index in [1.807, 2.05) is 18.5 Å². The summed E-state index contributed by atoms with van der Waals surface area (Å²) in [6.45, 7) is 4.67. The number of pyridine rings is 1. The summed E-state index contributed by atoms with van der Waals surface area (Å²) < 4.78 is 0. The first-order chi connectivity index (χ1) is 32.0. The van der Waals surface area contributed by atoms with E-state index in [1.165, 1.54) is 44.5 Å². The smallest absolute Gasteiger partial charge is 0.0468 e. The SMILES string of the molecule is CC1(C)c2ccccc2-c2cc(N(c3ccc(-c4ccc(N(c5ccc(-c6ccccc6)cc5)c5ccc(-c6ccccc6)cc5)cc4)cc3)c3ccc(-c4cccnc4)cc3)ccc21. The molecule has 0 saturated carbocycles. The molecule has 3 heteroatoms. The largest absolute Gasteiger partial charge is 0.311 e. The maximum atomic E-state index is 4.36. The summed E-state index contributed by atoms with van der Waals surface area (Å²) in [7, 11) is 0. The molecule has 0 aliphatic heterocycles. The highest BCUT2D eigenvalue weighted by Gasteiger charge is 2.35. The Hall–Kier alpha value is -8.27. The van der Waals surface area contributed by atoms with Crippen molar-refractivity contribution in [2.24, 2.45) is 0 Å². The van der Waals surface area contributed by atoms with Gasteiger partial charge in [-0.25, -0.2) is 0 Å².